The van der Waals surface area contributed by atoms with Gasteiger partial charge in [-0.15, -0.1) is 0 Å². The van der Waals surface area contributed by atoms with E-state index in [2.05, 4.69) is 5.32 Å². The van der Waals surface area contributed by atoms with Crippen molar-refractivity contribution in [3.8, 4) is 0 Å². The number of hydrogen-bond donors (Lipinski definition) is 1. The van der Waals surface area contributed by atoms with Crippen LogP contribution in [0.2, 0.25) is 0 Å². The van der Waals surface area contributed by atoms with E-state index in [9.17, 15) is 9.59 Å². The Morgan fingerprint density at radius 2 is 1.73 bits per heavy atom. The predicted molar refractivity (Wildman–Crippen MR) is 103 cm³/mol. The fraction of sp³-hybridized carbons (Fsp3) is 0.182. The topological polar surface area (TPSA) is 49.4 Å². The van der Waals surface area contributed by atoms with Gasteiger partial charge in [-0.05, 0) is 42.0 Å². The number of nitrogens with one attached hydrogen (secondary N) is 1. The second kappa shape index (κ2) is 6.64. The molecule has 1 unspecified atom stereocenters. The standard InChI is InChI=1S/C22H20N2O2/c1-15-6-10-20(11-7-15)24-14-19(13-21(24)25)23-22(26)18-9-8-16-4-2-3-5-17(16)12-18/h2-12,19H,13-14H2,1H3,(H,23,26). The van der Waals surface area contributed by atoms with E-state index >= 15 is 0 Å². The van der Waals surface area contributed by atoms with Gasteiger partial charge in [-0.3, -0.25) is 9.59 Å². The lowest BCUT2D eigenvalue weighted by Crippen LogP contribution is -2.37. The maximum absolute atomic E-state index is 12.6. The molecule has 3 aromatic carbocycles. The molecule has 2 amide bonds. The summed E-state index contributed by atoms with van der Waals surface area (Å²) in [6, 6.07) is 21.3. The number of fused-ring (bicyclic) bond motifs is 1. The van der Waals surface area contributed by atoms with Crippen LogP contribution in [0.1, 0.15) is 22.3 Å². The monoisotopic (exact) mass is 344 g/mol. The summed E-state index contributed by atoms with van der Waals surface area (Å²) >= 11 is 0. The molecule has 1 atom stereocenters. The van der Waals surface area contributed by atoms with Gasteiger partial charge in [0.1, 0.15) is 0 Å². The summed E-state index contributed by atoms with van der Waals surface area (Å²) in [6.07, 6.45) is 0.327. The van der Waals surface area contributed by atoms with E-state index in [0.717, 1.165) is 22.0 Å². The first-order valence-electron chi connectivity index (χ1n) is 8.77. The summed E-state index contributed by atoms with van der Waals surface area (Å²) in [6.45, 7) is 2.52. The molecule has 0 bridgehead atoms. The zero-order chi connectivity index (χ0) is 18.1. The molecule has 0 aromatic heterocycles. The molecule has 0 saturated carbocycles. The fourth-order valence-electron chi connectivity index (χ4n) is 3.38. The zero-order valence-corrected chi connectivity index (χ0v) is 14.6. The number of benzene rings is 3. The molecule has 4 heteroatoms. The summed E-state index contributed by atoms with van der Waals surface area (Å²) in [5.74, 6) is -0.100. The van der Waals surface area contributed by atoms with Crippen molar-refractivity contribution in [3.05, 3.63) is 77.9 Å². The molecule has 1 saturated heterocycles. The van der Waals surface area contributed by atoms with Crippen LogP contribution < -0.4 is 10.2 Å². The molecule has 1 fully saturated rings. The smallest absolute Gasteiger partial charge is 0.251 e. The van der Waals surface area contributed by atoms with Crippen LogP contribution in [0, 0.1) is 6.92 Å². The van der Waals surface area contributed by atoms with Gasteiger partial charge < -0.3 is 10.2 Å². The third-order valence-electron chi connectivity index (χ3n) is 4.82. The van der Waals surface area contributed by atoms with Gasteiger partial charge in [-0.1, -0.05) is 48.0 Å². The van der Waals surface area contributed by atoms with E-state index in [-0.39, 0.29) is 17.9 Å². The second-order valence-electron chi connectivity index (χ2n) is 6.78. The molecule has 1 heterocycles. The number of amides is 2. The predicted octanol–water partition coefficient (Wildman–Crippen LogP) is 3.68. The Labute approximate surface area is 152 Å². The number of hydrogen-bond acceptors (Lipinski definition) is 2. The quantitative estimate of drug-likeness (QED) is 0.788. The van der Waals surface area contributed by atoms with Crippen LogP contribution in [0.3, 0.4) is 0 Å². The van der Waals surface area contributed by atoms with Gasteiger partial charge in [0.05, 0.1) is 6.04 Å². The maximum atomic E-state index is 12.6. The van der Waals surface area contributed by atoms with Crippen molar-refractivity contribution in [1.29, 1.82) is 0 Å². The maximum Gasteiger partial charge on any atom is 0.251 e. The van der Waals surface area contributed by atoms with Crippen molar-refractivity contribution in [2.45, 2.75) is 19.4 Å². The van der Waals surface area contributed by atoms with Crippen LogP contribution in [0.5, 0.6) is 0 Å². The minimum atomic E-state index is -0.178. The number of rotatable bonds is 3. The van der Waals surface area contributed by atoms with E-state index in [1.165, 1.54) is 0 Å². The molecule has 130 valence electrons. The second-order valence-corrected chi connectivity index (χ2v) is 6.78. The Balaban J connectivity index is 1.47. The number of nitrogens with zero attached hydrogens (tertiary/aromatic N) is 1. The van der Waals surface area contributed by atoms with Crippen molar-refractivity contribution in [1.82, 2.24) is 5.32 Å². The Morgan fingerprint density at radius 1 is 1.00 bits per heavy atom. The molecule has 0 aliphatic carbocycles. The van der Waals surface area contributed by atoms with Gasteiger partial charge >= 0.3 is 0 Å². The van der Waals surface area contributed by atoms with E-state index in [1.54, 1.807) is 4.90 Å². The minimum Gasteiger partial charge on any atom is -0.347 e. The normalized spacial score (nSPS) is 16.9. The lowest BCUT2D eigenvalue weighted by Gasteiger charge is -2.17. The van der Waals surface area contributed by atoms with Crippen molar-refractivity contribution < 1.29 is 9.59 Å². The highest BCUT2D eigenvalue weighted by atomic mass is 16.2. The number of anilines is 1. The van der Waals surface area contributed by atoms with Gasteiger partial charge in [-0.25, -0.2) is 0 Å². The largest absolute Gasteiger partial charge is 0.347 e. The van der Waals surface area contributed by atoms with Gasteiger partial charge in [0, 0.05) is 24.2 Å². The van der Waals surface area contributed by atoms with Crippen LogP contribution in [0.25, 0.3) is 10.8 Å². The molecule has 26 heavy (non-hydrogen) atoms. The molecule has 3 aromatic rings. The fourth-order valence-corrected chi connectivity index (χ4v) is 3.38. The third-order valence-corrected chi connectivity index (χ3v) is 4.82. The minimum absolute atomic E-state index is 0.0395. The first-order chi connectivity index (χ1) is 12.6. The molecule has 1 aliphatic rings. The Kier molecular flexibility index (Phi) is 4.17. The Morgan fingerprint density at radius 3 is 2.50 bits per heavy atom. The molecule has 4 rings (SSSR count). The highest BCUT2D eigenvalue weighted by Crippen LogP contribution is 2.22. The van der Waals surface area contributed by atoms with Crippen LogP contribution >= 0.6 is 0 Å². The average Bonchev–Trinajstić information content (AvgIpc) is 3.02. The van der Waals surface area contributed by atoms with E-state index < -0.39 is 0 Å². The van der Waals surface area contributed by atoms with Crippen molar-refractivity contribution >= 4 is 28.3 Å². The SMILES string of the molecule is Cc1ccc(N2CC(NC(=O)c3ccc4ccccc4c3)CC2=O)cc1. The summed E-state index contributed by atoms with van der Waals surface area (Å²) < 4.78 is 0. The Hall–Kier alpha value is -3.14. The lowest BCUT2D eigenvalue weighted by atomic mass is 10.1. The van der Waals surface area contributed by atoms with Crippen molar-refractivity contribution in [2.75, 3.05) is 11.4 Å². The molecule has 0 spiro atoms. The highest BCUT2D eigenvalue weighted by molar-refractivity contribution is 6.00. The molecule has 1 aliphatic heterocycles. The number of aryl methyl sites for hydroxylation is 1. The highest BCUT2D eigenvalue weighted by Gasteiger charge is 2.31. The summed E-state index contributed by atoms with van der Waals surface area (Å²) in [5, 5.41) is 5.13. The lowest BCUT2D eigenvalue weighted by molar-refractivity contribution is -0.117. The molecular weight excluding hydrogens is 324 g/mol. The van der Waals surface area contributed by atoms with Gasteiger partial charge in [0.25, 0.3) is 5.91 Å². The Bertz CT molecular complexity index is 979. The average molecular weight is 344 g/mol. The van der Waals surface area contributed by atoms with Crippen molar-refractivity contribution in [3.63, 3.8) is 0 Å². The number of carbonyl (C=O) groups excluding carboxylic acids is 2. The van der Waals surface area contributed by atoms with Crippen LogP contribution in [-0.4, -0.2) is 24.4 Å². The summed E-state index contributed by atoms with van der Waals surface area (Å²) in [7, 11) is 0. The van der Waals surface area contributed by atoms with Gasteiger partial charge in [0.2, 0.25) is 5.91 Å². The van der Waals surface area contributed by atoms with E-state index in [4.69, 9.17) is 0 Å². The van der Waals surface area contributed by atoms with E-state index in [1.807, 2.05) is 73.7 Å². The van der Waals surface area contributed by atoms with Crippen LogP contribution in [0.15, 0.2) is 66.7 Å². The summed E-state index contributed by atoms with van der Waals surface area (Å²) in [5.41, 5.74) is 2.65. The van der Waals surface area contributed by atoms with Gasteiger partial charge in [0.15, 0.2) is 0 Å². The summed E-state index contributed by atoms with van der Waals surface area (Å²) in [4.78, 5) is 26.7. The molecular formula is C22H20N2O2. The first-order valence-corrected chi connectivity index (χ1v) is 8.77. The van der Waals surface area contributed by atoms with Gasteiger partial charge in [-0.2, -0.15) is 0 Å². The van der Waals surface area contributed by atoms with E-state index in [0.29, 0.717) is 18.5 Å². The molecule has 4 nitrogen and oxygen atoms in total. The molecule has 0 radical (unpaired) electrons. The van der Waals surface area contributed by atoms with Crippen molar-refractivity contribution in [2.24, 2.45) is 0 Å². The number of carbonyl (C=O) groups is 2. The van der Waals surface area contributed by atoms with Crippen LogP contribution in [0.4, 0.5) is 5.69 Å². The first kappa shape index (κ1) is 16.3. The van der Waals surface area contributed by atoms with Crippen LogP contribution in [-0.2, 0) is 4.79 Å². The molecule has 1 N–H and O–H groups in total. The zero-order valence-electron chi connectivity index (χ0n) is 14.6. The third kappa shape index (κ3) is 3.18.